The number of thiazole rings is 1. The van der Waals surface area contributed by atoms with Crippen LogP contribution in [-0.2, 0) is 0 Å². The van der Waals surface area contributed by atoms with Crippen molar-refractivity contribution in [2.75, 3.05) is 7.11 Å². The van der Waals surface area contributed by atoms with E-state index in [4.69, 9.17) is 9.26 Å². The van der Waals surface area contributed by atoms with Gasteiger partial charge in [-0.25, -0.2) is 9.97 Å². The lowest BCUT2D eigenvalue weighted by atomic mass is 10.3. The van der Waals surface area contributed by atoms with Gasteiger partial charge in [-0.2, -0.15) is 4.98 Å². The predicted octanol–water partition coefficient (Wildman–Crippen LogP) is 2.26. The molecular formula is C11H8N4O2S. The summed E-state index contributed by atoms with van der Waals surface area (Å²) in [4.78, 5) is 12.5. The van der Waals surface area contributed by atoms with E-state index in [2.05, 4.69) is 20.1 Å². The highest BCUT2D eigenvalue weighted by atomic mass is 32.1. The molecule has 0 saturated heterocycles. The van der Waals surface area contributed by atoms with Gasteiger partial charge in [0.05, 0.1) is 12.6 Å². The van der Waals surface area contributed by atoms with E-state index < -0.39 is 0 Å². The Kier molecular flexibility index (Phi) is 2.73. The van der Waals surface area contributed by atoms with E-state index in [0.717, 1.165) is 5.56 Å². The highest BCUT2D eigenvalue weighted by molar-refractivity contribution is 7.07. The number of methoxy groups -OCH3 is 1. The zero-order chi connectivity index (χ0) is 12.4. The molecule has 0 N–H and O–H groups in total. The highest BCUT2D eigenvalue weighted by Crippen LogP contribution is 2.22. The molecule has 3 heterocycles. The molecule has 0 bridgehead atoms. The SMILES string of the molecule is COc1ccc(-c2noc(-c3cscn3)n2)cn1. The van der Waals surface area contributed by atoms with Crippen molar-refractivity contribution in [1.82, 2.24) is 20.1 Å². The maximum atomic E-state index is 5.14. The number of ether oxygens (including phenoxy) is 1. The summed E-state index contributed by atoms with van der Waals surface area (Å²) in [5.74, 6) is 1.43. The van der Waals surface area contributed by atoms with Crippen LogP contribution in [0.5, 0.6) is 5.88 Å². The van der Waals surface area contributed by atoms with Gasteiger partial charge in [0.2, 0.25) is 11.7 Å². The van der Waals surface area contributed by atoms with Gasteiger partial charge in [0.1, 0.15) is 5.69 Å². The molecule has 6 nitrogen and oxygen atoms in total. The molecule has 0 aliphatic heterocycles. The largest absolute Gasteiger partial charge is 0.481 e. The predicted molar refractivity (Wildman–Crippen MR) is 65.2 cm³/mol. The van der Waals surface area contributed by atoms with Crippen molar-refractivity contribution in [3.05, 3.63) is 29.2 Å². The van der Waals surface area contributed by atoms with Gasteiger partial charge in [-0.3, -0.25) is 0 Å². The van der Waals surface area contributed by atoms with E-state index in [1.807, 2.05) is 11.4 Å². The van der Waals surface area contributed by atoms with Crippen LogP contribution in [-0.4, -0.2) is 27.2 Å². The third-order valence-corrected chi connectivity index (χ3v) is 2.87. The van der Waals surface area contributed by atoms with Crippen LogP contribution in [0.2, 0.25) is 0 Å². The molecule has 0 saturated carbocycles. The fraction of sp³-hybridized carbons (Fsp3) is 0.0909. The van der Waals surface area contributed by atoms with Crippen molar-refractivity contribution in [2.45, 2.75) is 0 Å². The van der Waals surface area contributed by atoms with Crippen molar-refractivity contribution in [2.24, 2.45) is 0 Å². The van der Waals surface area contributed by atoms with Crippen molar-refractivity contribution >= 4 is 11.3 Å². The first kappa shape index (κ1) is 10.8. The molecule has 0 spiro atoms. The molecule has 18 heavy (non-hydrogen) atoms. The zero-order valence-electron chi connectivity index (χ0n) is 9.40. The standard InChI is InChI=1S/C11H8N4O2S/c1-16-9-3-2-7(4-12-9)10-14-11(17-15-10)8-5-18-6-13-8/h2-6H,1H3. The molecule has 0 aliphatic rings. The van der Waals surface area contributed by atoms with Gasteiger partial charge in [-0.1, -0.05) is 5.16 Å². The van der Waals surface area contributed by atoms with Crippen molar-refractivity contribution in [3.63, 3.8) is 0 Å². The Morgan fingerprint density at radius 3 is 2.89 bits per heavy atom. The topological polar surface area (TPSA) is 73.9 Å². The molecular weight excluding hydrogens is 252 g/mol. The van der Waals surface area contributed by atoms with Gasteiger partial charge >= 0.3 is 0 Å². The van der Waals surface area contributed by atoms with Gasteiger partial charge in [0.25, 0.3) is 5.89 Å². The number of pyridine rings is 1. The molecule has 7 heteroatoms. The van der Waals surface area contributed by atoms with Crippen LogP contribution in [0, 0.1) is 0 Å². The van der Waals surface area contributed by atoms with E-state index in [1.165, 1.54) is 11.3 Å². The Hall–Kier alpha value is -2.28. The van der Waals surface area contributed by atoms with Gasteiger partial charge in [-0.05, 0) is 6.07 Å². The van der Waals surface area contributed by atoms with Gasteiger partial charge in [0.15, 0.2) is 0 Å². The fourth-order valence-corrected chi connectivity index (χ4v) is 1.92. The molecule has 90 valence electrons. The second kappa shape index (κ2) is 4.53. The van der Waals surface area contributed by atoms with E-state index >= 15 is 0 Å². The lowest BCUT2D eigenvalue weighted by Gasteiger charge is -1.97. The van der Waals surface area contributed by atoms with Gasteiger partial charge < -0.3 is 9.26 Å². The Balaban J connectivity index is 1.92. The third-order valence-electron chi connectivity index (χ3n) is 2.28. The van der Waals surface area contributed by atoms with Crippen LogP contribution < -0.4 is 4.74 Å². The number of hydrogen-bond acceptors (Lipinski definition) is 7. The minimum Gasteiger partial charge on any atom is -0.481 e. The number of hydrogen-bond donors (Lipinski definition) is 0. The first-order valence-corrected chi connectivity index (χ1v) is 6.04. The van der Waals surface area contributed by atoms with Crippen molar-refractivity contribution in [1.29, 1.82) is 0 Å². The summed E-state index contributed by atoms with van der Waals surface area (Å²) in [5.41, 5.74) is 3.16. The molecule has 3 aromatic heterocycles. The van der Waals surface area contributed by atoms with Crippen molar-refractivity contribution < 1.29 is 9.26 Å². The van der Waals surface area contributed by atoms with E-state index in [1.54, 1.807) is 24.9 Å². The molecule has 0 atom stereocenters. The summed E-state index contributed by atoms with van der Waals surface area (Å²) in [5, 5.41) is 5.75. The Bertz CT molecular complexity index is 633. The second-order valence-corrected chi connectivity index (χ2v) is 4.10. The van der Waals surface area contributed by atoms with Crippen LogP contribution in [0.15, 0.2) is 33.7 Å². The second-order valence-electron chi connectivity index (χ2n) is 3.39. The van der Waals surface area contributed by atoms with Crippen LogP contribution in [0.25, 0.3) is 23.0 Å². The quantitative estimate of drug-likeness (QED) is 0.719. The number of rotatable bonds is 3. The first-order valence-electron chi connectivity index (χ1n) is 5.09. The van der Waals surface area contributed by atoms with Crippen LogP contribution >= 0.6 is 11.3 Å². The van der Waals surface area contributed by atoms with E-state index in [-0.39, 0.29) is 0 Å². The maximum Gasteiger partial charge on any atom is 0.277 e. The fourth-order valence-electron chi connectivity index (χ4n) is 1.40. The Morgan fingerprint density at radius 1 is 1.28 bits per heavy atom. The van der Waals surface area contributed by atoms with E-state index in [9.17, 15) is 0 Å². The Morgan fingerprint density at radius 2 is 2.22 bits per heavy atom. The molecule has 0 unspecified atom stereocenters. The van der Waals surface area contributed by atoms with Gasteiger partial charge in [-0.15, -0.1) is 11.3 Å². The molecule has 3 aromatic rings. The molecule has 0 radical (unpaired) electrons. The van der Waals surface area contributed by atoms with E-state index in [0.29, 0.717) is 23.3 Å². The zero-order valence-corrected chi connectivity index (χ0v) is 10.2. The van der Waals surface area contributed by atoms with Crippen LogP contribution in [0.3, 0.4) is 0 Å². The minimum atomic E-state index is 0.405. The number of aromatic nitrogens is 4. The normalized spacial score (nSPS) is 10.5. The number of nitrogens with zero attached hydrogens (tertiary/aromatic N) is 4. The highest BCUT2D eigenvalue weighted by Gasteiger charge is 2.12. The molecule has 3 rings (SSSR count). The summed E-state index contributed by atoms with van der Waals surface area (Å²) in [6.07, 6.45) is 1.63. The lowest BCUT2D eigenvalue weighted by Crippen LogP contribution is -1.88. The van der Waals surface area contributed by atoms with Crippen molar-refractivity contribution in [3.8, 4) is 28.9 Å². The Labute approximate surface area is 106 Å². The average molecular weight is 260 g/mol. The monoisotopic (exact) mass is 260 g/mol. The van der Waals surface area contributed by atoms with Crippen LogP contribution in [0.4, 0.5) is 0 Å². The lowest BCUT2D eigenvalue weighted by molar-refractivity contribution is 0.398. The first-order chi connectivity index (χ1) is 8.86. The molecule has 0 amide bonds. The summed E-state index contributed by atoms with van der Waals surface area (Å²) in [6.45, 7) is 0. The summed E-state index contributed by atoms with van der Waals surface area (Å²) in [7, 11) is 1.57. The maximum absolute atomic E-state index is 5.14. The summed E-state index contributed by atoms with van der Waals surface area (Å²) in [6, 6.07) is 3.57. The smallest absolute Gasteiger partial charge is 0.277 e. The average Bonchev–Trinajstić information content (AvgIpc) is 3.09. The summed E-state index contributed by atoms with van der Waals surface area (Å²) < 4.78 is 10.1. The molecule has 0 aliphatic carbocycles. The van der Waals surface area contributed by atoms with Gasteiger partial charge in [0, 0.05) is 23.2 Å². The summed E-state index contributed by atoms with van der Waals surface area (Å²) >= 11 is 1.48. The molecule has 0 fully saturated rings. The molecule has 0 aromatic carbocycles. The third kappa shape index (κ3) is 1.95. The van der Waals surface area contributed by atoms with Crippen LogP contribution in [0.1, 0.15) is 0 Å². The minimum absolute atomic E-state index is 0.405.